The summed E-state index contributed by atoms with van der Waals surface area (Å²) in [6.07, 6.45) is 0.684. The van der Waals surface area contributed by atoms with Gasteiger partial charge >= 0.3 is 0 Å². The van der Waals surface area contributed by atoms with Crippen LogP contribution in [-0.4, -0.2) is 15.3 Å². The van der Waals surface area contributed by atoms with Crippen LogP contribution in [0.3, 0.4) is 0 Å². The van der Waals surface area contributed by atoms with Crippen LogP contribution in [0.5, 0.6) is 0 Å². The summed E-state index contributed by atoms with van der Waals surface area (Å²) in [5, 5.41) is 0.499. The highest BCUT2D eigenvalue weighted by molar-refractivity contribution is 6.33. The van der Waals surface area contributed by atoms with E-state index in [1.54, 1.807) is 6.07 Å². The lowest BCUT2D eigenvalue weighted by Crippen LogP contribution is -2.00. The Kier molecular flexibility index (Phi) is 3.52. The van der Waals surface area contributed by atoms with Crippen LogP contribution in [0, 0.1) is 0 Å². The number of fused-ring (bicyclic) bond motifs is 1. The number of para-hydroxylation sites is 2. The van der Waals surface area contributed by atoms with E-state index in [-0.39, 0.29) is 5.78 Å². The number of hydrogen-bond acceptors (Lipinski definition) is 2. The van der Waals surface area contributed by atoms with E-state index in [0.29, 0.717) is 17.0 Å². The first-order chi connectivity index (χ1) is 10.1. The van der Waals surface area contributed by atoms with E-state index < -0.39 is 0 Å². The molecule has 0 saturated heterocycles. The number of benzene rings is 2. The predicted molar refractivity (Wildman–Crippen MR) is 85.0 cm³/mol. The lowest BCUT2D eigenvalue weighted by atomic mass is 10.1. The largest absolute Gasteiger partial charge is 0.331 e. The number of aryl methyl sites for hydroxylation is 1. The maximum Gasteiger partial charge on any atom is 0.161 e. The Labute approximate surface area is 128 Å². The van der Waals surface area contributed by atoms with Gasteiger partial charge in [0.15, 0.2) is 5.78 Å². The molecule has 2 aromatic carbocycles. The van der Waals surface area contributed by atoms with Crippen LogP contribution in [0.1, 0.15) is 28.7 Å². The van der Waals surface area contributed by atoms with Crippen molar-refractivity contribution < 1.29 is 4.79 Å². The Morgan fingerprint density at radius 1 is 1.24 bits per heavy atom. The first-order valence-corrected chi connectivity index (χ1v) is 7.14. The first-order valence-electron chi connectivity index (χ1n) is 6.76. The minimum absolute atomic E-state index is 0.0192. The monoisotopic (exact) mass is 298 g/mol. The number of halogens is 1. The summed E-state index contributed by atoms with van der Waals surface area (Å²) in [7, 11) is 2.01. The molecular formula is C17H15ClN2O. The summed E-state index contributed by atoms with van der Waals surface area (Å²) in [4.78, 5) is 16.1. The molecule has 0 aliphatic carbocycles. The number of carbonyl (C=O) groups is 1. The SMILES string of the molecule is CC(=O)c1ccc(Cc2nc3ccccc3n2C)cc1Cl. The predicted octanol–water partition coefficient (Wildman–Crippen LogP) is 4.02. The second-order valence-electron chi connectivity index (χ2n) is 5.12. The van der Waals surface area contributed by atoms with Gasteiger partial charge in [-0.2, -0.15) is 0 Å². The molecule has 0 spiro atoms. The number of Topliss-reactive ketones (excluding diaryl/α,β-unsaturated/α-hetero) is 1. The fourth-order valence-corrected chi connectivity index (χ4v) is 2.83. The third-order valence-electron chi connectivity index (χ3n) is 3.65. The molecule has 0 unspecified atom stereocenters. The molecule has 1 heterocycles. The van der Waals surface area contributed by atoms with Crippen molar-refractivity contribution in [2.45, 2.75) is 13.3 Å². The molecule has 0 radical (unpaired) electrons. The van der Waals surface area contributed by atoms with Gasteiger partial charge in [-0.25, -0.2) is 4.98 Å². The number of aromatic nitrogens is 2. The zero-order chi connectivity index (χ0) is 15.0. The van der Waals surface area contributed by atoms with Crippen LogP contribution in [0.15, 0.2) is 42.5 Å². The molecule has 3 rings (SSSR count). The van der Waals surface area contributed by atoms with E-state index in [1.807, 2.05) is 37.4 Å². The van der Waals surface area contributed by atoms with E-state index in [0.717, 1.165) is 22.4 Å². The second-order valence-corrected chi connectivity index (χ2v) is 5.53. The van der Waals surface area contributed by atoms with E-state index in [2.05, 4.69) is 15.6 Å². The fourth-order valence-electron chi connectivity index (χ4n) is 2.49. The Bertz CT molecular complexity index is 836. The topological polar surface area (TPSA) is 34.9 Å². The average molecular weight is 299 g/mol. The van der Waals surface area contributed by atoms with Crippen molar-refractivity contribution in [3.8, 4) is 0 Å². The molecule has 21 heavy (non-hydrogen) atoms. The maximum absolute atomic E-state index is 11.4. The molecule has 0 N–H and O–H groups in total. The molecule has 106 valence electrons. The van der Waals surface area contributed by atoms with E-state index in [4.69, 9.17) is 11.6 Å². The molecular weight excluding hydrogens is 284 g/mol. The van der Waals surface area contributed by atoms with Gasteiger partial charge in [-0.1, -0.05) is 29.8 Å². The van der Waals surface area contributed by atoms with Crippen molar-refractivity contribution in [1.29, 1.82) is 0 Å². The highest BCUT2D eigenvalue weighted by Gasteiger charge is 2.10. The van der Waals surface area contributed by atoms with Crippen molar-refractivity contribution in [1.82, 2.24) is 9.55 Å². The van der Waals surface area contributed by atoms with Gasteiger partial charge in [-0.15, -0.1) is 0 Å². The van der Waals surface area contributed by atoms with Crippen molar-refractivity contribution in [3.05, 3.63) is 64.4 Å². The van der Waals surface area contributed by atoms with E-state index >= 15 is 0 Å². The molecule has 0 saturated carbocycles. The smallest absolute Gasteiger partial charge is 0.161 e. The number of imidazole rings is 1. The van der Waals surface area contributed by atoms with Gasteiger partial charge < -0.3 is 4.57 Å². The van der Waals surface area contributed by atoms with Gasteiger partial charge in [0, 0.05) is 19.0 Å². The molecule has 0 aliphatic heterocycles. The third kappa shape index (κ3) is 2.57. The number of hydrogen-bond donors (Lipinski definition) is 0. The van der Waals surface area contributed by atoms with Gasteiger partial charge in [0.2, 0.25) is 0 Å². The lowest BCUT2D eigenvalue weighted by molar-refractivity contribution is 0.101. The molecule has 0 aliphatic rings. The minimum atomic E-state index is -0.0192. The van der Waals surface area contributed by atoms with Gasteiger partial charge in [-0.3, -0.25) is 4.79 Å². The van der Waals surface area contributed by atoms with Crippen LogP contribution < -0.4 is 0 Å². The minimum Gasteiger partial charge on any atom is -0.331 e. The lowest BCUT2D eigenvalue weighted by Gasteiger charge is -2.05. The zero-order valence-electron chi connectivity index (χ0n) is 11.9. The van der Waals surface area contributed by atoms with Crippen LogP contribution in [0.2, 0.25) is 5.02 Å². The summed E-state index contributed by atoms with van der Waals surface area (Å²) in [5.74, 6) is 0.956. The van der Waals surface area contributed by atoms with Crippen LogP contribution in [-0.2, 0) is 13.5 Å². The Morgan fingerprint density at radius 2 is 2.00 bits per heavy atom. The normalized spacial score (nSPS) is 11.0. The molecule has 0 bridgehead atoms. The number of ketones is 1. The second kappa shape index (κ2) is 5.34. The van der Waals surface area contributed by atoms with Crippen molar-refractivity contribution in [3.63, 3.8) is 0 Å². The summed E-state index contributed by atoms with van der Waals surface area (Å²) in [6, 6.07) is 13.6. The summed E-state index contributed by atoms with van der Waals surface area (Å²) in [6.45, 7) is 1.52. The fraction of sp³-hybridized carbons (Fsp3) is 0.176. The number of carbonyl (C=O) groups excluding carboxylic acids is 1. The highest BCUT2D eigenvalue weighted by Crippen LogP contribution is 2.22. The first kappa shape index (κ1) is 13.8. The summed E-state index contributed by atoms with van der Waals surface area (Å²) in [5.41, 5.74) is 3.70. The van der Waals surface area contributed by atoms with Crippen molar-refractivity contribution in [2.24, 2.45) is 7.05 Å². The summed E-state index contributed by atoms with van der Waals surface area (Å²) < 4.78 is 2.09. The van der Waals surface area contributed by atoms with Gasteiger partial charge in [0.25, 0.3) is 0 Å². The van der Waals surface area contributed by atoms with Gasteiger partial charge in [-0.05, 0) is 36.8 Å². The molecule has 0 atom stereocenters. The third-order valence-corrected chi connectivity index (χ3v) is 3.97. The molecule has 3 nitrogen and oxygen atoms in total. The van der Waals surface area contributed by atoms with Gasteiger partial charge in [0.1, 0.15) is 5.82 Å². The summed E-state index contributed by atoms with van der Waals surface area (Å²) >= 11 is 6.16. The maximum atomic E-state index is 11.4. The van der Waals surface area contributed by atoms with Crippen molar-refractivity contribution in [2.75, 3.05) is 0 Å². The molecule has 3 aromatic rings. The molecule has 1 aromatic heterocycles. The Morgan fingerprint density at radius 3 is 2.67 bits per heavy atom. The number of rotatable bonds is 3. The standard InChI is InChI=1S/C17H15ClN2O/c1-11(21)13-8-7-12(9-14(13)18)10-17-19-15-5-3-4-6-16(15)20(17)2/h3-9H,10H2,1-2H3. The van der Waals surface area contributed by atoms with Crippen LogP contribution >= 0.6 is 11.6 Å². The quantitative estimate of drug-likeness (QED) is 0.685. The van der Waals surface area contributed by atoms with Crippen LogP contribution in [0.25, 0.3) is 11.0 Å². The van der Waals surface area contributed by atoms with Gasteiger partial charge in [0.05, 0.1) is 16.1 Å². The molecule has 4 heteroatoms. The molecule has 0 amide bonds. The average Bonchev–Trinajstić information content (AvgIpc) is 2.76. The highest BCUT2D eigenvalue weighted by atomic mass is 35.5. The zero-order valence-corrected chi connectivity index (χ0v) is 12.7. The Hall–Kier alpha value is -2.13. The van der Waals surface area contributed by atoms with Crippen LogP contribution in [0.4, 0.5) is 0 Å². The molecule has 0 fully saturated rings. The van der Waals surface area contributed by atoms with E-state index in [9.17, 15) is 4.79 Å². The Balaban J connectivity index is 1.97. The number of nitrogens with zero attached hydrogens (tertiary/aromatic N) is 2. The van der Waals surface area contributed by atoms with E-state index in [1.165, 1.54) is 6.92 Å². The van der Waals surface area contributed by atoms with Crippen molar-refractivity contribution >= 4 is 28.4 Å².